The SMILES string of the molecule is CCc1nc(C)ccc1OCC(=O)N1CCC[C@@]2(CN(C)C(=O)O2)C1. The van der Waals surface area contributed by atoms with Crippen LogP contribution in [0.3, 0.4) is 0 Å². The Morgan fingerprint density at radius 3 is 2.88 bits per heavy atom. The molecule has 1 atom stereocenters. The van der Waals surface area contributed by atoms with Crippen LogP contribution in [0.4, 0.5) is 4.79 Å². The minimum Gasteiger partial charge on any atom is -0.482 e. The molecule has 7 heteroatoms. The molecule has 3 rings (SSSR count). The standard InChI is InChI=1S/C18H25N3O4/c1-4-14-15(7-6-13(2)19-14)24-10-16(22)21-9-5-8-18(12-21)11-20(3)17(23)25-18/h6-7H,4-5,8-12H2,1-3H3/t18-/m1/s1. The summed E-state index contributed by atoms with van der Waals surface area (Å²) in [6, 6.07) is 3.74. The van der Waals surface area contributed by atoms with Crippen molar-refractivity contribution >= 4 is 12.0 Å². The van der Waals surface area contributed by atoms with Crippen molar-refractivity contribution < 1.29 is 19.1 Å². The fourth-order valence-corrected chi connectivity index (χ4v) is 3.53. The van der Waals surface area contributed by atoms with Gasteiger partial charge in [0.25, 0.3) is 5.91 Å². The van der Waals surface area contributed by atoms with Crippen LogP contribution < -0.4 is 4.74 Å². The molecule has 2 amide bonds. The van der Waals surface area contributed by atoms with Crippen LogP contribution >= 0.6 is 0 Å². The summed E-state index contributed by atoms with van der Waals surface area (Å²) in [5.41, 5.74) is 1.22. The summed E-state index contributed by atoms with van der Waals surface area (Å²) in [6.07, 6.45) is 2.04. The van der Waals surface area contributed by atoms with E-state index in [0.717, 1.165) is 30.7 Å². The minimum atomic E-state index is -0.570. The number of likely N-dealkylation sites (N-methyl/N-ethyl adjacent to an activating group) is 1. The Morgan fingerprint density at radius 2 is 2.20 bits per heavy atom. The van der Waals surface area contributed by atoms with Gasteiger partial charge >= 0.3 is 6.09 Å². The summed E-state index contributed by atoms with van der Waals surface area (Å²) in [4.78, 5) is 32.0. The molecule has 2 fully saturated rings. The second-order valence-corrected chi connectivity index (χ2v) is 6.87. The molecule has 25 heavy (non-hydrogen) atoms. The fraction of sp³-hybridized carbons (Fsp3) is 0.611. The molecule has 0 radical (unpaired) electrons. The number of nitrogens with zero attached hydrogens (tertiary/aromatic N) is 3. The molecule has 2 aliphatic rings. The summed E-state index contributed by atoms with van der Waals surface area (Å²) < 4.78 is 11.3. The Kier molecular flexibility index (Phi) is 4.83. The van der Waals surface area contributed by atoms with Crippen molar-refractivity contribution in [1.82, 2.24) is 14.8 Å². The first-order valence-electron chi connectivity index (χ1n) is 8.74. The van der Waals surface area contributed by atoms with Crippen LogP contribution in [0, 0.1) is 6.92 Å². The average molecular weight is 347 g/mol. The lowest BCUT2D eigenvalue weighted by Gasteiger charge is -2.38. The Balaban J connectivity index is 1.61. The Morgan fingerprint density at radius 1 is 1.40 bits per heavy atom. The number of hydrogen-bond acceptors (Lipinski definition) is 5. The maximum absolute atomic E-state index is 12.6. The number of carbonyl (C=O) groups excluding carboxylic acids is 2. The van der Waals surface area contributed by atoms with E-state index in [2.05, 4.69) is 4.98 Å². The highest BCUT2D eigenvalue weighted by atomic mass is 16.6. The molecule has 7 nitrogen and oxygen atoms in total. The van der Waals surface area contributed by atoms with Gasteiger partial charge in [0, 0.05) is 19.3 Å². The second kappa shape index (κ2) is 6.90. The number of piperidine rings is 1. The minimum absolute atomic E-state index is 0.0302. The van der Waals surface area contributed by atoms with Gasteiger partial charge in [-0.3, -0.25) is 9.78 Å². The number of rotatable bonds is 4. The Labute approximate surface area is 147 Å². The van der Waals surface area contributed by atoms with E-state index in [9.17, 15) is 9.59 Å². The van der Waals surface area contributed by atoms with Crippen LogP contribution in [0.25, 0.3) is 0 Å². The average Bonchev–Trinajstić information content (AvgIpc) is 2.86. The van der Waals surface area contributed by atoms with Crippen molar-refractivity contribution in [3.8, 4) is 5.75 Å². The van der Waals surface area contributed by atoms with Gasteiger partial charge in [0.15, 0.2) is 6.61 Å². The Bertz CT molecular complexity index is 678. The molecule has 0 saturated carbocycles. The summed E-state index contributed by atoms with van der Waals surface area (Å²) in [6.45, 7) is 5.53. The molecule has 0 unspecified atom stereocenters. The third-order valence-electron chi connectivity index (χ3n) is 4.79. The van der Waals surface area contributed by atoms with Crippen molar-refractivity contribution in [3.63, 3.8) is 0 Å². The normalized spacial score (nSPS) is 23.1. The van der Waals surface area contributed by atoms with E-state index in [0.29, 0.717) is 25.4 Å². The lowest BCUT2D eigenvalue weighted by molar-refractivity contribution is -0.139. The smallest absolute Gasteiger partial charge is 0.410 e. The molecular formula is C18H25N3O4. The monoisotopic (exact) mass is 347 g/mol. The maximum Gasteiger partial charge on any atom is 0.410 e. The lowest BCUT2D eigenvalue weighted by atomic mass is 9.93. The van der Waals surface area contributed by atoms with Crippen molar-refractivity contribution in [1.29, 1.82) is 0 Å². The summed E-state index contributed by atoms with van der Waals surface area (Å²) in [5, 5.41) is 0. The van der Waals surface area contributed by atoms with Gasteiger partial charge in [0.1, 0.15) is 11.4 Å². The molecule has 1 aromatic heterocycles. The first kappa shape index (κ1) is 17.5. The predicted molar refractivity (Wildman–Crippen MR) is 91.5 cm³/mol. The van der Waals surface area contributed by atoms with Gasteiger partial charge in [-0.25, -0.2) is 4.79 Å². The zero-order chi connectivity index (χ0) is 18.0. The third kappa shape index (κ3) is 3.70. The van der Waals surface area contributed by atoms with E-state index in [1.54, 1.807) is 16.8 Å². The number of likely N-dealkylation sites (tertiary alicyclic amines) is 1. The summed E-state index contributed by atoms with van der Waals surface area (Å²) in [7, 11) is 1.72. The summed E-state index contributed by atoms with van der Waals surface area (Å²) in [5.74, 6) is 0.563. The van der Waals surface area contributed by atoms with Gasteiger partial charge in [-0.1, -0.05) is 6.92 Å². The van der Waals surface area contributed by atoms with Gasteiger partial charge < -0.3 is 19.3 Å². The first-order chi connectivity index (χ1) is 11.9. The van der Waals surface area contributed by atoms with E-state index in [-0.39, 0.29) is 18.6 Å². The summed E-state index contributed by atoms with van der Waals surface area (Å²) >= 11 is 0. The van der Waals surface area contributed by atoms with Crippen LogP contribution in [0.2, 0.25) is 0 Å². The molecule has 1 spiro atoms. The number of carbonyl (C=O) groups is 2. The molecule has 0 aromatic carbocycles. The van der Waals surface area contributed by atoms with Crippen LogP contribution in [0.5, 0.6) is 5.75 Å². The largest absolute Gasteiger partial charge is 0.482 e. The van der Waals surface area contributed by atoms with Crippen molar-refractivity contribution in [2.24, 2.45) is 0 Å². The molecule has 136 valence electrons. The molecule has 1 aromatic rings. The van der Waals surface area contributed by atoms with Crippen molar-refractivity contribution in [3.05, 3.63) is 23.5 Å². The fourth-order valence-electron chi connectivity index (χ4n) is 3.53. The van der Waals surface area contributed by atoms with E-state index in [1.807, 2.05) is 26.0 Å². The number of aryl methyl sites for hydroxylation is 2. The Hall–Kier alpha value is -2.31. The zero-order valence-electron chi connectivity index (χ0n) is 15.1. The van der Waals surface area contributed by atoms with E-state index < -0.39 is 5.60 Å². The van der Waals surface area contributed by atoms with Gasteiger partial charge in [-0.2, -0.15) is 0 Å². The highest BCUT2D eigenvalue weighted by molar-refractivity contribution is 5.78. The second-order valence-electron chi connectivity index (χ2n) is 6.87. The van der Waals surface area contributed by atoms with Gasteiger partial charge in [0.2, 0.25) is 0 Å². The zero-order valence-corrected chi connectivity index (χ0v) is 15.1. The molecular weight excluding hydrogens is 322 g/mol. The highest BCUT2D eigenvalue weighted by Gasteiger charge is 2.47. The molecule has 0 aliphatic carbocycles. The van der Waals surface area contributed by atoms with Crippen LogP contribution in [0.1, 0.15) is 31.2 Å². The van der Waals surface area contributed by atoms with Crippen molar-refractivity contribution in [2.75, 3.05) is 33.3 Å². The van der Waals surface area contributed by atoms with Crippen LogP contribution in [-0.2, 0) is 16.0 Å². The molecule has 0 N–H and O–H groups in total. The van der Waals surface area contributed by atoms with Gasteiger partial charge in [-0.05, 0) is 38.3 Å². The molecule has 2 saturated heterocycles. The third-order valence-corrected chi connectivity index (χ3v) is 4.79. The highest BCUT2D eigenvalue weighted by Crippen LogP contribution is 2.31. The first-order valence-corrected chi connectivity index (χ1v) is 8.74. The lowest BCUT2D eigenvalue weighted by Crippen LogP contribution is -2.53. The van der Waals surface area contributed by atoms with E-state index in [1.165, 1.54) is 0 Å². The number of hydrogen-bond donors (Lipinski definition) is 0. The number of ether oxygens (including phenoxy) is 2. The number of amides is 2. The van der Waals surface area contributed by atoms with Gasteiger partial charge in [0.05, 0.1) is 18.8 Å². The van der Waals surface area contributed by atoms with E-state index >= 15 is 0 Å². The number of aromatic nitrogens is 1. The maximum atomic E-state index is 12.6. The van der Waals surface area contributed by atoms with E-state index in [4.69, 9.17) is 9.47 Å². The van der Waals surface area contributed by atoms with Crippen LogP contribution in [0.15, 0.2) is 12.1 Å². The molecule has 0 bridgehead atoms. The topological polar surface area (TPSA) is 72.0 Å². The molecule has 2 aliphatic heterocycles. The van der Waals surface area contributed by atoms with Crippen LogP contribution in [-0.4, -0.2) is 65.7 Å². The predicted octanol–water partition coefficient (Wildman–Crippen LogP) is 1.77. The quantitative estimate of drug-likeness (QED) is 0.830. The number of pyridine rings is 1. The molecule has 3 heterocycles. The van der Waals surface area contributed by atoms with Crippen molar-refractivity contribution in [2.45, 2.75) is 38.7 Å². The van der Waals surface area contributed by atoms with Gasteiger partial charge in [-0.15, -0.1) is 0 Å².